The van der Waals surface area contributed by atoms with Crippen LogP contribution in [-0.4, -0.2) is 24.0 Å². The van der Waals surface area contributed by atoms with Crippen LogP contribution in [0, 0.1) is 5.82 Å². The fourth-order valence-electron chi connectivity index (χ4n) is 2.41. The van der Waals surface area contributed by atoms with Crippen LogP contribution in [0.2, 0.25) is 0 Å². The molecule has 2 rings (SSSR count). The van der Waals surface area contributed by atoms with Gasteiger partial charge in [0, 0.05) is 12.0 Å². The average Bonchev–Trinajstić information content (AvgIpc) is 2.55. The fourth-order valence-corrected chi connectivity index (χ4v) is 2.41. The summed E-state index contributed by atoms with van der Waals surface area (Å²) in [5, 5.41) is 2.46. The molecular formula is C20H22FNO3. The van der Waals surface area contributed by atoms with Crippen LogP contribution in [0.25, 0.3) is 11.1 Å². The van der Waals surface area contributed by atoms with Crippen molar-refractivity contribution < 1.29 is 18.7 Å². The van der Waals surface area contributed by atoms with Gasteiger partial charge in [-0.15, -0.1) is 0 Å². The lowest BCUT2D eigenvalue weighted by Crippen LogP contribution is -2.41. The number of hydrogen-bond acceptors (Lipinski definition) is 3. The molecule has 1 N–H and O–H groups in total. The Morgan fingerprint density at radius 2 is 1.84 bits per heavy atom. The van der Waals surface area contributed by atoms with Crippen LogP contribution < -0.4 is 5.32 Å². The van der Waals surface area contributed by atoms with Gasteiger partial charge in [0.25, 0.3) is 0 Å². The predicted octanol–water partition coefficient (Wildman–Crippen LogP) is 4.13. The monoisotopic (exact) mass is 343 g/mol. The Hall–Kier alpha value is -2.69. The first kappa shape index (κ1) is 18.6. The largest absolute Gasteiger partial charge is 0.444 e. The summed E-state index contributed by atoms with van der Waals surface area (Å²) in [6.07, 6.45) is -0.0717. The highest BCUT2D eigenvalue weighted by Crippen LogP contribution is 2.25. The topological polar surface area (TPSA) is 55.4 Å². The second-order valence-corrected chi connectivity index (χ2v) is 6.74. The highest BCUT2D eigenvalue weighted by Gasteiger charge is 2.21. The van der Waals surface area contributed by atoms with Gasteiger partial charge in [0.1, 0.15) is 17.7 Å². The SMILES string of the molecule is CC(C)(C)OC(=O)NC(C=O)Cc1cccc(-c2ccccc2)c1F. The standard InChI is InChI=1S/C20H22FNO3/c1-20(2,3)25-19(24)22-16(13-23)12-15-10-7-11-17(18(15)21)14-8-5-4-6-9-14/h4-11,13,16H,12H2,1-3H3,(H,22,24). The molecule has 2 aromatic rings. The van der Waals surface area contributed by atoms with E-state index in [1.165, 1.54) is 0 Å². The maximum absolute atomic E-state index is 14.8. The minimum Gasteiger partial charge on any atom is -0.444 e. The third-order valence-electron chi connectivity index (χ3n) is 3.47. The molecule has 0 saturated carbocycles. The maximum atomic E-state index is 14.8. The lowest BCUT2D eigenvalue weighted by Gasteiger charge is -2.21. The van der Waals surface area contributed by atoms with Crippen molar-refractivity contribution >= 4 is 12.4 Å². The van der Waals surface area contributed by atoms with Crippen LogP contribution in [0.3, 0.4) is 0 Å². The lowest BCUT2D eigenvalue weighted by atomic mass is 9.99. The first-order valence-electron chi connectivity index (χ1n) is 8.08. The van der Waals surface area contributed by atoms with Gasteiger partial charge in [-0.25, -0.2) is 9.18 Å². The summed E-state index contributed by atoms with van der Waals surface area (Å²) in [5.41, 5.74) is 0.898. The Bertz CT molecular complexity index is 738. The van der Waals surface area contributed by atoms with Crippen molar-refractivity contribution in [3.63, 3.8) is 0 Å². The zero-order valence-corrected chi connectivity index (χ0v) is 14.6. The summed E-state index contributed by atoms with van der Waals surface area (Å²) in [5.74, 6) is -0.397. The quantitative estimate of drug-likeness (QED) is 0.831. The Kier molecular flexibility index (Phi) is 5.91. The van der Waals surface area contributed by atoms with E-state index in [9.17, 15) is 14.0 Å². The van der Waals surface area contributed by atoms with Crippen LogP contribution in [0.5, 0.6) is 0 Å². The summed E-state index contributed by atoms with van der Waals surface area (Å²) in [6.45, 7) is 5.18. The molecule has 0 saturated heterocycles. The number of aldehydes is 1. The van der Waals surface area contributed by atoms with Gasteiger partial charge in [0.15, 0.2) is 0 Å². The second kappa shape index (κ2) is 7.92. The highest BCUT2D eigenvalue weighted by atomic mass is 19.1. The number of benzene rings is 2. The Morgan fingerprint density at radius 1 is 1.16 bits per heavy atom. The maximum Gasteiger partial charge on any atom is 0.408 e. The van der Waals surface area contributed by atoms with E-state index in [0.717, 1.165) is 5.56 Å². The summed E-state index contributed by atoms with van der Waals surface area (Å²) in [7, 11) is 0. The Morgan fingerprint density at radius 3 is 2.44 bits per heavy atom. The van der Waals surface area contributed by atoms with Gasteiger partial charge in [0.2, 0.25) is 0 Å². The van der Waals surface area contributed by atoms with E-state index in [1.54, 1.807) is 39.0 Å². The van der Waals surface area contributed by atoms with E-state index in [-0.39, 0.29) is 6.42 Å². The molecule has 5 heteroatoms. The zero-order chi connectivity index (χ0) is 18.4. The number of nitrogens with one attached hydrogen (secondary N) is 1. The molecule has 0 fully saturated rings. The molecule has 0 spiro atoms. The molecule has 0 aliphatic heterocycles. The van der Waals surface area contributed by atoms with Gasteiger partial charge < -0.3 is 14.8 Å². The van der Waals surface area contributed by atoms with Gasteiger partial charge in [0.05, 0.1) is 6.04 Å². The summed E-state index contributed by atoms with van der Waals surface area (Å²) < 4.78 is 19.9. The smallest absolute Gasteiger partial charge is 0.408 e. The molecule has 0 aliphatic carbocycles. The summed E-state index contributed by atoms with van der Waals surface area (Å²) in [6, 6.07) is 13.3. The molecule has 1 unspecified atom stereocenters. The molecule has 0 heterocycles. The molecular weight excluding hydrogens is 321 g/mol. The number of amides is 1. The van der Waals surface area contributed by atoms with Gasteiger partial charge in [-0.05, 0) is 31.9 Å². The Labute approximate surface area is 147 Å². The van der Waals surface area contributed by atoms with Crippen molar-refractivity contribution in [3.8, 4) is 11.1 Å². The number of carbonyl (C=O) groups is 2. The van der Waals surface area contributed by atoms with E-state index in [4.69, 9.17) is 4.74 Å². The van der Waals surface area contributed by atoms with Crippen molar-refractivity contribution in [2.45, 2.75) is 38.8 Å². The van der Waals surface area contributed by atoms with Gasteiger partial charge in [-0.2, -0.15) is 0 Å². The average molecular weight is 343 g/mol. The third-order valence-corrected chi connectivity index (χ3v) is 3.47. The molecule has 0 bridgehead atoms. The first-order chi connectivity index (χ1) is 11.8. The number of alkyl carbamates (subject to hydrolysis) is 1. The number of carbonyl (C=O) groups excluding carboxylic acids is 2. The molecule has 0 aromatic heterocycles. The van der Waals surface area contributed by atoms with E-state index < -0.39 is 23.6 Å². The predicted molar refractivity (Wildman–Crippen MR) is 94.8 cm³/mol. The van der Waals surface area contributed by atoms with Gasteiger partial charge in [-0.3, -0.25) is 0 Å². The van der Waals surface area contributed by atoms with Crippen LogP contribution in [-0.2, 0) is 16.0 Å². The van der Waals surface area contributed by atoms with Crippen molar-refractivity contribution in [1.82, 2.24) is 5.32 Å². The minimum absolute atomic E-state index is 0.0508. The second-order valence-electron chi connectivity index (χ2n) is 6.74. The minimum atomic E-state index is -0.865. The van der Waals surface area contributed by atoms with Crippen molar-refractivity contribution in [2.75, 3.05) is 0 Å². The number of halogens is 1. The van der Waals surface area contributed by atoms with Crippen LogP contribution in [0.4, 0.5) is 9.18 Å². The lowest BCUT2D eigenvalue weighted by molar-refractivity contribution is -0.109. The van der Waals surface area contributed by atoms with Crippen molar-refractivity contribution in [2.24, 2.45) is 0 Å². The third kappa shape index (κ3) is 5.41. The van der Waals surface area contributed by atoms with E-state index >= 15 is 0 Å². The molecule has 0 radical (unpaired) electrons. The van der Waals surface area contributed by atoms with Crippen molar-refractivity contribution in [1.29, 1.82) is 0 Å². The fraction of sp³-hybridized carbons (Fsp3) is 0.300. The van der Waals surface area contributed by atoms with Crippen molar-refractivity contribution in [3.05, 3.63) is 59.9 Å². The molecule has 4 nitrogen and oxygen atoms in total. The normalized spacial score (nSPS) is 12.3. The Balaban J connectivity index is 2.16. The van der Waals surface area contributed by atoms with E-state index in [0.29, 0.717) is 17.4 Å². The molecule has 1 atom stereocenters. The number of hydrogen-bond donors (Lipinski definition) is 1. The van der Waals surface area contributed by atoms with E-state index in [2.05, 4.69) is 5.32 Å². The molecule has 2 aromatic carbocycles. The summed E-state index contributed by atoms with van der Waals surface area (Å²) >= 11 is 0. The molecule has 25 heavy (non-hydrogen) atoms. The first-order valence-corrected chi connectivity index (χ1v) is 8.08. The highest BCUT2D eigenvalue weighted by molar-refractivity contribution is 5.74. The summed E-state index contributed by atoms with van der Waals surface area (Å²) in [4.78, 5) is 23.1. The number of rotatable bonds is 5. The van der Waals surface area contributed by atoms with E-state index in [1.807, 2.05) is 30.3 Å². The molecule has 132 valence electrons. The molecule has 0 aliphatic rings. The van der Waals surface area contributed by atoms with Gasteiger partial charge in [-0.1, -0.05) is 48.5 Å². The van der Waals surface area contributed by atoms with Crippen LogP contribution in [0.15, 0.2) is 48.5 Å². The molecule has 1 amide bonds. The zero-order valence-electron chi connectivity index (χ0n) is 14.6. The number of ether oxygens (including phenoxy) is 1. The van der Waals surface area contributed by atoms with Crippen LogP contribution in [0.1, 0.15) is 26.3 Å². The van der Waals surface area contributed by atoms with Gasteiger partial charge >= 0.3 is 6.09 Å². The van der Waals surface area contributed by atoms with Crippen LogP contribution >= 0.6 is 0 Å².